The van der Waals surface area contributed by atoms with Crippen molar-refractivity contribution in [2.24, 2.45) is 5.10 Å². The Labute approximate surface area is 213 Å². The zero-order valence-electron chi connectivity index (χ0n) is 17.8. The molecule has 0 aliphatic rings. The Hall–Kier alpha value is -3.73. The number of nitro benzene ring substituents is 1. The van der Waals surface area contributed by atoms with Gasteiger partial charge in [-0.15, -0.1) is 10.2 Å². The molecule has 0 aliphatic carbocycles. The molecule has 0 saturated heterocycles. The highest BCUT2D eigenvalue weighted by Gasteiger charge is 2.17. The Morgan fingerprint density at radius 3 is 2.54 bits per heavy atom. The number of nitrogens with one attached hydrogen (secondary N) is 1. The average molecular weight is 527 g/mol. The molecule has 0 unspecified atom stereocenters. The topological polar surface area (TPSA) is 115 Å². The fourth-order valence-electron chi connectivity index (χ4n) is 3.05. The van der Waals surface area contributed by atoms with Gasteiger partial charge in [0.05, 0.1) is 16.9 Å². The van der Waals surface area contributed by atoms with Gasteiger partial charge in [0.15, 0.2) is 11.0 Å². The highest BCUT2D eigenvalue weighted by atomic mass is 35.5. The molecule has 35 heavy (non-hydrogen) atoms. The maximum atomic E-state index is 12.4. The Morgan fingerprint density at radius 2 is 1.83 bits per heavy atom. The van der Waals surface area contributed by atoms with Crippen LogP contribution in [0.25, 0.3) is 17.1 Å². The Balaban J connectivity index is 1.47. The maximum absolute atomic E-state index is 12.4. The predicted molar refractivity (Wildman–Crippen MR) is 136 cm³/mol. The van der Waals surface area contributed by atoms with E-state index < -0.39 is 4.92 Å². The van der Waals surface area contributed by atoms with Crippen molar-refractivity contribution in [2.45, 2.75) is 5.16 Å². The number of carbonyl (C=O) groups excluding carboxylic acids is 1. The third-order valence-electron chi connectivity index (χ3n) is 4.65. The van der Waals surface area contributed by atoms with Crippen LogP contribution in [0.15, 0.2) is 83.1 Å². The fraction of sp³-hybridized carbons (Fsp3) is 0.0435. The lowest BCUT2D eigenvalue weighted by molar-refractivity contribution is -0.384. The lowest BCUT2D eigenvalue weighted by Crippen LogP contribution is -2.20. The number of aromatic nitrogens is 3. The molecule has 0 radical (unpaired) electrons. The van der Waals surface area contributed by atoms with Gasteiger partial charge in [0.25, 0.3) is 11.6 Å². The van der Waals surface area contributed by atoms with Gasteiger partial charge in [-0.25, -0.2) is 5.43 Å². The van der Waals surface area contributed by atoms with E-state index in [0.717, 1.165) is 11.3 Å². The van der Waals surface area contributed by atoms with E-state index in [2.05, 4.69) is 20.7 Å². The van der Waals surface area contributed by atoms with E-state index in [9.17, 15) is 14.9 Å². The normalized spacial score (nSPS) is 11.0. The molecule has 1 N–H and O–H groups in total. The number of amides is 1. The van der Waals surface area contributed by atoms with Crippen molar-refractivity contribution >= 4 is 52.8 Å². The molecule has 4 aromatic rings. The lowest BCUT2D eigenvalue weighted by atomic mass is 10.2. The summed E-state index contributed by atoms with van der Waals surface area (Å²) in [5.41, 5.74) is 4.25. The van der Waals surface area contributed by atoms with Crippen LogP contribution >= 0.6 is 35.0 Å². The number of rotatable bonds is 8. The molecule has 1 heterocycles. The number of para-hydroxylation sites is 1. The summed E-state index contributed by atoms with van der Waals surface area (Å²) in [5, 5.41) is 24.6. The molecular weight excluding hydrogens is 511 g/mol. The molecule has 1 amide bonds. The van der Waals surface area contributed by atoms with Crippen molar-refractivity contribution in [2.75, 3.05) is 5.75 Å². The highest BCUT2D eigenvalue weighted by molar-refractivity contribution is 7.99. The second-order valence-electron chi connectivity index (χ2n) is 7.03. The van der Waals surface area contributed by atoms with Crippen LogP contribution in [0.1, 0.15) is 5.56 Å². The summed E-state index contributed by atoms with van der Waals surface area (Å²) in [6.45, 7) is 0. The van der Waals surface area contributed by atoms with Gasteiger partial charge in [0, 0.05) is 27.9 Å². The Kier molecular flexibility index (Phi) is 7.76. The van der Waals surface area contributed by atoms with E-state index in [0.29, 0.717) is 21.6 Å². The van der Waals surface area contributed by atoms with Gasteiger partial charge >= 0.3 is 0 Å². The van der Waals surface area contributed by atoms with E-state index in [-0.39, 0.29) is 22.4 Å². The first kappa shape index (κ1) is 24.4. The summed E-state index contributed by atoms with van der Waals surface area (Å²) in [6.07, 6.45) is 1.30. The number of halogens is 2. The molecule has 1 aromatic heterocycles. The van der Waals surface area contributed by atoms with E-state index in [1.165, 1.54) is 30.1 Å². The monoisotopic (exact) mass is 526 g/mol. The third kappa shape index (κ3) is 6.04. The first-order valence-electron chi connectivity index (χ1n) is 10.1. The molecule has 176 valence electrons. The molecule has 0 atom stereocenters. The Bertz CT molecular complexity index is 1390. The van der Waals surface area contributed by atoms with Gasteiger partial charge in [0.1, 0.15) is 5.02 Å². The number of hydrogen-bond donors (Lipinski definition) is 1. The number of nitrogens with zero attached hydrogens (tertiary/aromatic N) is 5. The number of hydrogen-bond acceptors (Lipinski definition) is 7. The minimum Gasteiger partial charge on any atom is -0.272 e. The SMILES string of the molecule is O=C(CSc1nnc(-c2ccc(Cl)cc2)n1-c1ccccc1)N/N=C/c1ccc(Cl)c([N+](=O)[O-])c1. The van der Waals surface area contributed by atoms with E-state index in [1.54, 1.807) is 18.2 Å². The van der Waals surface area contributed by atoms with Gasteiger partial charge in [-0.1, -0.05) is 59.2 Å². The smallest absolute Gasteiger partial charge is 0.272 e. The second kappa shape index (κ2) is 11.1. The first-order chi connectivity index (χ1) is 16.9. The minimum absolute atomic E-state index is 0.0175. The van der Waals surface area contributed by atoms with Crippen LogP contribution in [0.4, 0.5) is 5.69 Å². The number of benzene rings is 3. The van der Waals surface area contributed by atoms with E-state index in [1.807, 2.05) is 47.0 Å². The highest BCUT2D eigenvalue weighted by Crippen LogP contribution is 2.28. The van der Waals surface area contributed by atoms with Crippen molar-refractivity contribution < 1.29 is 9.72 Å². The summed E-state index contributed by atoms with van der Waals surface area (Å²) in [7, 11) is 0. The predicted octanol–water partition coefficient (Wildman–Crippen LogP) is 5.39. The summed E-state index contributed by atoms with van der Waals surface area (Å²) in [5.74, 6) is 0.243. The number of carbonyl (C=O) groups is 1. The molecule has 0 bridgehead atoms. The summed E-state index contributed by atoms with van der Waals surface area (Å²) < 4.78 is 1.86. The molecule has 3 aromatic carbocycles. The maximum Gasteiger partial charge on any atom is 0.288 e. The fourth-order valence-corrected chi connectivity index (χ4v) is 4.11. The van der Waals surface area contributed by atoms with Crippen LogP contribution < -0.4 is 5.43 Å². The van der Waals surface area contributed by atoms with E-state index in [4.69, 9.17) is 23.2 Å². The van der Waals surface area contributed by atoms with Crippen molar-refractivity contribution in [3.63, 3.8) is 0 Å². The number of nitro groups is 1. The van der Waals surface area contributed by atoms with Crippen molar-refractivity contribution in [1.29, 1.82) is 0 Å². The van der Waals surface area contributed by atoms with Gasteiger partial charge in [0.2, 0.25) is 0 Å². The minimum atomic E-state index is -0.587. The number of thioether (sulfide) groups is 1. The van der Waals surface area contributed by atoms with Crippen LogP contribution in [0.3, 0.4) is 0 Å². The molecule has 0 saturated carbocycles. The van der Waals surface area contributed by atoms with E-state index >= 15 is 0 Å². The lowest BCUT2D eigenvalue weighted by Gasteiger charge is -2.10. The second-order valence-corrected chi connectivity index (χ2v) is 8.82. The van der Waals surface area contributed by atoms with Gasteiger partial charge in [-0.2, -0.15) is 5.10 Å². The first-order valence-corrected chi connectivity index (χ1v) is 11.8. The molecule has 4 rings (SSSR count). The van der Waals surface area contributed by atoms with Gasteiger partial charge < -0.3 is 0 Å². The Morgan fingerprint density at radius 1 is 1.09 bits per heavy atom. The van der Waals surface area contributed by atoms with Crippen molar-refractivity contribution in [3.8, 4) is 17.1 Å². The molecule has 0 fully saturated rings. The van der Waals surface area contributed by atoms with Gasteiger partial charge in [-0.05, 0) is 42.5 Å². The quantitative estimate of drug-likeness (QED) is 0.142. The van der Waals surface area contributed by atoms with Crippen LogP contribution in [-0.4, -0.2) is 37.6 Å². The molecule has 9 nitrogen and oxygen atoms in total. The molecule has 12 heteroatoms. The summed E-state index contributed by atoms with van der Waals surface area (Å²) >= 11 is 13.0. The zero-order valence-corrected chi connectivity index (χ0v) is 20.2. The average Bonchev–Trinajstić information content (AvgIpc) is 3.28. The third-order valence-corrected chi connectivity index (χ3v) is 6.15. The van der Waals surface area contributed by atoms with Crippen LogP contribution in [0, 0.1) is 10.1 Å². The van der Waals surface area contributed by atoms with Crippen LogP contribution in [0.2, 0.25) is 10.0 Å². The van der Waals surface area contributed by atoms with Crippen LogP contribution in [0.5, 0.6) is 0 Å². The summed E-state index contributed by atoms with van der Waals surface area (Å²) in [6, 6.07) is 21.0. The van der Waals surface area contributed by atoms with Crippen molar-refractivity contribution in [3.05, 3.63) is 98.5 Å². The zero-order chi connectivity index (χ0) is 24.8. The standard InChI is InChI=1S/C23H16Cl2N6O3S/c24-17-9-7-16(8-10-17)22-28-29-23(30(22)18-4-2-1-3-5-18)35-14-21(32)27-26-13-15-6-11-19(25)20(12-15)31(33)34/h1-13H,14H2,(H,27,32)/b26-13+. The van der Waals surface area contributed by atoms with Crippen LogP contribution in [-0.2, 0) is 4.79 Å². The molecule has 0 aliphatic heterocycles. The summed E-state index contributed by atoms with van der Waals surface area (Å²) in [4.78, 5) is 22.8. The van der Waals surface area contributed by atoms with Gasteiger partial charge in [-0.3, -0.25) is 19.5 Å². The van der Waals surface area contributed by atoms with Crippen molar-refractivity contribution in [1.82, 2.24) is 20.2 Å². The number of hydrazone groups is 1. The largest absolute Gasteiger partial charge is 0.288 e. The molecular formula is C23H16Cl2N6O3S. The molecule has 0 spiro atoms.